The van der Waals surface area contributed by atoms with E-state index in [-0.39, 0.29) is 5.41 Å². The van der Waals surface area contributed by atoms with Gasteiger partial charge in [0.2, 0.25) is 0 Å². The molecule has 1 aliphatic carbocycles. The molecule has 1 aliphatic rings. The minimum atomic E-state index is -0.201. The van der Waals surface area contributed by atoms with Crippen molar-refractivity contribution in [3.8, 4) is 67.3 Å². The van der Waals surface area contributed by atoms with E-state index >= 15 is 0 Å². The summed E-state index contributed by atoms with van der Waals surface area (Å²) in [4.78, 5) is 0. The average Bonchev–Trinajstić information content (AvgIpc) is 1.56. The first-order chi connectivity index (χ1) is 51.8. The van der Waals surface area contributed by atoms with Gasteiger partial charge in [-0.05, 0) is 177 Å². The zero-order valence-electron chi connectivity index (χ0n) is 57.6. The first-order valence-corrected chi connectivity index (χ1v) is 36.2. The highest BCUT2D eigenvalue weighted by Crippen LogP contribution is 2.52. The van der Waals surface area contributed by atoms with E-state index in [1.165, 1.54) is 154 Å². The second-order valence-electron chi connectivity index (χ2n) is 28.7. The molecular formula is C99H64N4O2. The van der Waals surface area contributed by atoms with E-state index < -0.39 is 0 Å². The van der Waals surface area contributed by atoms with Gasteiger partial charge >= 0.3 is 0 Å². The molecular weight excluding hydrogens is 1280 g/mol. The fourth-order valence-corrected chi connectivity index (χ4v) is 17.7. The Morgan fingerprint density at radius 2 is 0.552 bits per heavy atom. The second-order valence-corrected chi connectivity index (χ2v) is 28.7. The summed E-state index contributed by atoms with van der Waals surface area (Å²) < 4.78 is 22.2. The van der Waals surface area contributed by atoms with Crippen LogP contribution in [0.4, 0.5) is 0 Å². The Morgan fingerprint density at radius 3 is 1.07 bits per heavy atom. The van der Waals surface area contributed by atoms with Gasteiger partial charge in [-0.3, -0.25) is 0 Å². The molecule has 0 spiro atoms. The van der Waals surface area contributed by atoms with E-state index in [0.29, 0.717) is 0 Å². The van der Waals surface area contributed by atoms with Gasteiger partial charge in [-0.15, -0.1) is 0 Å². The maximum Gasteiger partial charge on any atom is 0.143 e. The Bertz CT molecular complexity index is 7340. The average molecular weight is 1340 g/mol. The molecule has 16 aromatic carbocycles. The zero-order valence-corrected chi connectivity index (χ0v) is 57.6. The summed E-state index contributed by atoms with van der Waals surface area (Å²) in [6, 6.07) is 128. The van der Waals surface area contributed by atoms with E-state index in [9.17, 15) is 0 Å². The molecule has 0 unspecified atom stereocenters. The van der Waals surface area contributed by atoms with Crippen LogP contribution >= 0.6 is 0 Å². The lowest BCUT2D eigenvalue weighted by atomic mass is 9.81. The molecule has 0 bridgehead atoms. The predicted molar refractivity (Wildman–Crippen MR) is 439 cm³/mol. The zero-order chi connectivity index (χ0) is 69.2. The van der Waals surface area contributed by atoms with Crippen LogP contribution in [0.2, 0.25) is 0 Å². The van der Waals surface area contributed by atoms with Crippen molar-refractivity contribution >= 4 is 131 Å². The van der Waals surface area contributed by atoms with E-state index in [2.05, 4.69) is 366 Å². The molecule has 492 valence electrons. The molecule has 6 heteroatoms. The molecule has 0 atom stereocenters. The minimum Gasteiger partial charge on any atom is -0.456 e. The van der Waals surface area contributed by atoms with E-state index in [1.54, 1.807) is 0 Å². The Balaban J connectivity index is 0.000000132. The molecule has 0 saturated heterocycles. The predicted octanol–water partition coefficient (Wildman–Crippen LogP) is 26.9. The van der Waals surface area contributed by atoms with Crippen molar-refractivity contribution < 1.29 is 8.83 Å². The quantitative estimate of drug-likeness (QED) is 0.160. The van der Waals surface area contributed by atoms with Gasteiger partial charge in [-0.2, -0.15) is 0 Å². The standard InChI is InChI=1S/C51H34N2O.C48H30N2O/c1-51(2)43-27-31(34-18-12-19-40-39-17-8-11-22-49(39)54-50(34)40)23-25-35(43)36-26-24-33(28-44(36)51)53-46-21-10-7-16-38(46)42-29-47-41(30-48(42)53)37-15-6-9-20-45(37)52(47)32-13-4-3-5-14-32;1-2-10-35(11-3-1)49-43-15-7-4-12-37(43)40-30-46-41(29-45(40)49)38-13-5-8-16-44(38)50(46)36-25-22-32(23-26-36)31-18-20-33(21-19-31)34-24-27-48-42(28-34)39-14-6-9-17-47(39)51-48/h3-30H,1-2H3;1-30H. The molecule has 6 aromatic heterocycles. The monoisotopic (exact) mass is 1340 g/mol. The van der Waals surface area contributed by atoms with Crippen LogP contribution < -0.4 is 0 Å². The molecule has 0 N–H and O–H groups in total. The largest absolute Gasteiger partial charge is 0.456 e. The number of para-hydroxylation sites is 9. The molecule has 23 rings (SSSR count). The first-order valence-electron chi connectivity index (χ1n) is 36.2. The van der Waals surface area contributed by atoms with Crippen LogP contribution in [0, 0.1) is 0 Å². The number of nitrogens with zero attached hydrogens (tertiary/aromatic N) is 4. The molecule has 6 heterocycles. The SMILES string of the molecule is CC1(C)c2cc(-c3cccc4c3oc3ccccc34)ccc2-c2ccc(-n3c4ccccc4c4cc5c(cc43)c3ccccc3n5-c3ccccc3)cc21.c1ccc(-n2c3ccccc3c3cc4c(cc32)c2ccccc2n4-c2ccc(-c3ccc(-c4ccc5oc6ccccc6c5c4)cc3)cc2)cc1. The number of benzene rings is 16. The molecule has 0 fully saturated rings. The van der Waals surface area contributed by atoms with Gasteiger partial charge in [0.1, 0.15) is 22.3 Å². The highest BCUT2D eigenvalue weighted by molar-refractivity contribution is 6.21. The van der Waals surface area contributed by atoms with Crippen molar-refractivity contribution in [1.82, 2.24) is 18.3 Å². The normalized spacial score (nSPS) is 12.7. The maximum absolute atomic E-state index is 6.47. The van der Waals surface area contributed by atoms with Gasteiger partial charge in [0.25, 0.3) is 0 Å². The molecule has 0 saturated carbocycles. The number of furan rings is 2. The summed E-state index contributed by atoms with van der Waals surface area (Å²) in [5, 5.41) is 14.6. The molecule has 0 aliphatic heterocycles. The van der Waals surface area contributed by atoms with Crippen LogP contribution in [-0.4, -0.2) is 18.3 Å². The third-order valence-electron chi connectivity index (χ3n) is 22.6. The molecule has 0 radical (unpaired) electrons. The van der Waals surface area contributed by atoms with Crippen LogP contribution in [0.25, 0.3) is 198 Å². The van der Waals surface area contributed by atoms with Crippen LogP contribution in [0.3, 0.4) is 0 Å². The highest BCUT2D eigenvalue weighted by atomic mass is 16.3. The Morgan fingerprint density at radius 1 is 0.200 bits per heavy atom. The second kappa shape index (κ2) is 22.7. The van der Waals surface area contributed by atoms with Gasteiger partial charge in [-0.25, -0.2) is 0 Å². The molecule has 6 nitrogen and oxygen atoms in total. The van der Waals surface area contributed by atoms with Crippen LogP contribution in [0.5, 0.6) is 0 Å². The van der Waals surface area contributed by atoms with Crippen molar-refractivity contribution in [2.24, 2.45) is 0 Å². The molecule has 105 heavy (non-hydrogen) atoms. The van der Waals surface area contributed by atoms with E-state index in [4.69, 9.17) is 8.83 Å². The smallest absolute Gasteiger partial charge is 0.143 e. The van der Waals surface area contributed by atoms with Crippen molar-refractivity contribution in [3.05, 3.63) is 363 Å². The van der Waals surface area contributed by atoms with Gasteiger partial charge in [0, 0.05) is 98.4 Å². The summed E-state index contributed by atoms with van der Waals surface area (Å²) >= 11 is 0. The first kappa shape index (κ1) is 59.0. The lowest BCUT2D eigenvalue weighted by molar-refractivity contribution is 0.659. The lowest BCUT2D eigenvalue weighted by Gasteiger charge is -2.23. The fraction of sp³-hybridized carbons (Fsp3) is 0.0303. The summed E-state index contributed by atoms with van der Waals surface area (Å²) in [6.07, 6.45) is 0. The van der Waals surface area contributed by atoms with Crippen LogP contribution in [0.1, 0.15) is 25.0 Å². The van der Waals surface area contributed by atoms with Crippen molar-refractivity contribution in [2.75, 3.05) is 0 Å². The van der Waals surface area contributed by atoms with Crippen molar-refractivity contribution in [2.45, 2.75) is 19.3 Å². The number of rotatable bonds is 7. The highest BCUT2D eigenvalue weighted by Gasteiger charge is 2.37. The third-order valence-corrected chi connectivity index (χ3v) is 22.6. The Kier molecular flexibility index (Phi) is 12.7. The van der Waals surface area contributed by atoms with Gasteiger partial charge in [0.05, 0.1) is 44.1 Å². The topological polar surface area (TPSA) is 46.0 Å². The maximum atomic E-state index is 6.47. The summed E-state index contributed by atoms with van der Waals surface area (Å²) in [7, 11) is 0. The van der Waals surface area contributed by atoms with Crippen LogP contribution in [-0.2, 0) is 5.41 Å². The Hall–Kier alpha value is -13.7. The number of hydrogen-bond donors (Lipinski definition) is 0. The van der Waals surface area contributed by atoms with Gasteiger partial charge in [0.15, 0.2) is 0 Å². The van der Waals surface area contributed by atoms with Gasteiger partial charge < -0.3 is 27.1 Å². The summed E-state index contributed by atoms with van der Waals surface area (Å²) in [5.74, 6) is 0. The van der Waals surface area contributed by atoms with E-state index in [1.807, 2.05) is 18.2 Å². The summed E-state index contributed by atoms with van der Waals surface area (Å²) in [5.41, 5.74) is 30.3. The Labute approximate surface area is 603 Å². The summed E-state index contributed by atoms with van der Waals surface area (Å²) in [6.45, 7) is 4.75. The van der Waals surface area contributed by atoms with Crippen molar-refractivity contribution in [1.29, 1.82) is 0 Å². The van der Waals surface area contributed by atoms with Crippen LogP contribution in [0.15, 0.2) is 361 Å². The third kappa shape index (κ3) is 8.90. The minimum absolute atomic E-state index is 0.201. The van der Waals surface area contributed by atoms with Gasteiger partial charge in [-0.1, -0.05) is 238 Å². The number of fused-ring (bicyclic) bond motifs is 21. The van der Waals surface area contributed by atoms with E-state index in [0.717, 1.165) is 55.1 Å². The molecule has 0 amide bonds. The lowest BCUT2D eigenvalue weighted by Crippen LogP contribution is -2.15. The number of aromatic nitrogens is 4. The van der Waals surface area contributed by atoms with Crippen molar-refractivity contribution in [3.63, 3.8) is 0 Å². The molecule has 22 aromatic rings. The fourth-order valence-electron chi connectivity index (χ4n) is 17.7. The number of hydrogen-bond acceptors (Lipinski definition) is 2.